The third-order valence-electron chi connectivity index (χ3n) is 3.38. The molecular formula is C11H14N4OS. The Kier molecular flexibility index (Phi) is 2.39. The lowest BCUT2D eigenvalue weighted by Gasteiger charge is -2.12. The Labute approximate surface area is 104 Å². The molecule has 17 heavy (non-hydrogen) atoms. The van der Waals surface area contributed by atoms with Crippen LogP contribution < -0.4 is 4.74 Å². The van der Waals surface area contributed by atoms with Crippen LogP contribution in [0.15, 0.2) is 6.33 Å². The SMILES string of the molecule is COc1ncnc2c1[nH]c(=S)n2C(C)C1CC1. The quantitative estimate of drug-likeness (QED) is 0.850. The average molecular weight is 250 g/mol. The van der Waals surface area contributed by atoms with Crippen molar-refractivity contribution in [1.29, 1.82) is 0 Å². The Balaban J connectivity index is 2.23. The summed E-state index contributed by atoms with van der Waals surface area (Å²) < 4.78 is 7.98. The van der Waals surface area contributed by atoms with E-state index in [4.69, 9.17) is 17.0 Å². The van der Waals surface area contributed by atoms with Crippen LogP contribution in [0.5, 0.6) is 5.88 Å². The van der Waals surface area contributed by atoms with Crippen molar-refractivity contribution < 1.29 is 4.74 Å². The first-order valence-corrected chi connectivity index (χ1v) is 6.12. The summed E-state index contributed by atoms with van der Waals surface area (Å²) in [5.41, 5.74) is 1.62. The maximum absolute atomic E-state index is 5.37. The monoisotopic (exact) mass is 250 g/mol. The second-order valence-electron chi connectivity index (χ2n) is 4.46. The highest BCUT2D eigenvalue weighted by atomic mass is 32.1. The second kappa shape index (κ2) is 3.80. The van der Waals surface area contributed by atoms with Crippen LogP contribution >= 0.6 is 12.2 Å². The molecule has 1 aliphatic rings. The van der Waals surface area contributed by atoms with Crippen LogP contribution in [0.3, 0.4) is 0 Å². The van der Waals surface area contributed by atoms with Gasteiger partial charge >= 0.3 is 0 Å². The number of hydrogen-bond donors (Lipinski definition) is 1. The van der Waals surface area contributed by atoms with Gasteiger partial charge in [0, 0.05) is 6.04 Å². The third kappa shape index (κ3) is 1.63. The number of aromatic nitrogens is 4. The molecule has 0 saturated heterocycles. The highest BCUT2D eigenvalue weighted by Gasteiger charge is 2.31. The maximum atomic E-state index is 5.37. The number of aromatic amines is 1. The molecule has 3 rings (SSSR count). The Morgan fingerprint density at radius 2 is 2.29 bits per heavy atom. The van der Waals surface area contributed by atoms with E-state index in [9.17, 15) is 0 Å². The van der Waals surface area contributed by atoms with E-state index in [0.29, 0.717) is 16.7 Å². The van der Waals surface area contributed by atoms with Crippen LogP contribution in [0.4, 0.5) is 0 Å². The summed E-state index contributed by atoms with van der Waals surface area (Å²) in [4.78, 5) is 11.5. The standard InChI is InChI=1S/C11H14N4OS/c1-6(7-3-4-7)15-9-8(14-11(15)17)10(16-2)13-5-12-9/h5-7H,3-4H2,1-2H3,(H,14,17). The van der Waals surface area contributed by atoms with Gasteiger partial charge in [-0.2, -0.15) is 4.98 Å². The molecule has 1 fully saturated rings. The number of rotatable bonds is 3. The zero-order valence-electron chi connectivity index (χ0n) is 9.80. The molecule has 2 aromatic heterocycles. The van der Waals surface area contributed by atoms with Gasteiger partial charge in [-0.15, -0.1) is 0 Å². The molecule has 0 aliphatic heterocycles. The molecule has 2 heterocycles. The minimum atomic E-state index is 0.385. The number of hydrogen-bond acceptors (Lipinski definition) is 4. The summed E-state index contributed by atoms with van der Waals surface area (Å²) in [7, 11) is 1.60. The third-order valence-corrected chi connectivity index (χ3v) is 3.68. The Hall–Kier alpha value is -1.43. The number of ether oxygens (including phenoxy) is 1. The van der Waals surface area contributed by atoms with E-state index < -0.39 is 0 Å². The van der Waals surface area contributed by atoms with Crippen molar-refractivity contribution >= 4 is 23.4 Å². The van der Waals surface area contributed by atoms with Crippen molar-refractivity contribution in [3.05, 3.63) is 11.1 Å². The van der Waals surface area contributed by atoms with E-state index in [1.807, 2.05) is 0 Å². The molecule has 6 heteroatoms. The molecule has 5 nitrogen and oxygen atoms in total. The van der Waals surface area contributed by atoms with E-state index in [-0.39, 0.29) is 0 Å². The molecule has 0 bridgehead atoms. The maximum Gasteiger partial charge on any atom is 0.242 e. The first kappa shape index (κ1) is 10.7. The highest BCUT2D eigenvalue weighted by Crippen LogP contribution is 2.40. The predicted octanol–water partition coefficient (Wildman–Crippen LogP) is 2.47. The topological polar surface area (TPSA) is 55.7 Å². The van der Waals surface area contributed by atoms with Crippen molar-refractivity contribution in [2.75, 3.05) is 7.11 Å². The van der Waals surface area contributed by atoms with Gasteiger partial charge in [-0.1, -0.05) is 0 Å². The van der Waals surface area contributed by atoms with Gasteiger partial charge in [-0.3, -0.25) is 4.57 Å². The molecule has 2 aromatic rings. The van der Waals surface area contributed by atoms with E-state index in [1.165, 1.54) is 19.2 Å². The van der Waals surface area contributed by atoms with E-state index in [2.05, 4.69) is 26.4 Å². The molecule has 1 atom stereocenters. The lowest BCUT2D eigenvalue weighted by atomic mass is 10.2. The van der Waals surface area contributed by atoms with Crippen LogP contribution in [0.25, 0.3) is 11.2 Å². The van der Waals surface area contributed by atoms with Crippen molar-refractivity contribution in [2.45, 2.75) is 25.8 Å². The Bertz CT molecular complexity index is 613. The van der Waals surface area contributed by atoms with Gasteiger partial charge in [0.15, 0.2) is 10.4 Å². The fraction of sp³-hybridized carbons (Fsp3) is 0.545. The van der Waals surface area contributed by atoms with Gasteiger partial charge in [0.25, 0.3) is 0 Å². The summed E-state index contributed by atoms with van der Waals surface area (Å²) >= 11 is 5.37. The number of nitrogens with one attached hydrogen (secondary N) is 1. The molecule has 1 aliphatic carbocycles. The number of nitrogens with zero attached hydrogens (tertiary/aromatic N) is 3. The van der Waals surface area contributed by atoms with Crippen molar-refractivity contribution in [1.82, 2.24) is 19.5 Å². The van der Waals surface area contributed by atoms with Gasteiger partial charge in [-0.05, 0) is 37.9 Å². The number of imidazole rings is 1. The highest BCUT2D eigenvalue weighted by molar-refractivity contribution is 7.71. The lowest BCUT2D eigenvalue weighted by molar-refractivity contribution is 0.401. The predicted molar refractivity (Wildman–Crippen MR) is 66.7 cm³/mol. The normalized spacial score (nSPS) is 17.3. The van der Waals surface area contributed by atoms with Crippen LogP contribution in [-0.4, -0.2) is 26.6 Å². The minimum Gasteiger partial charge on any atom is -0.479 e. The van der Waals surface area contributed by atoms with Crippen molar-refractivity contribution in [3.63, 3.8) is 0 Å². The van der Waals surface area contributed by atoms with Crippen LogP contribution in [-0.2, 0) is 0 Å². The van der Waals surface area contributed by atoms with Crippen molar-refractivity contribution in [2.24, 2.45) is 5.92 Å². The average Bonchev–Trinajstić information content (AvgIpc) is 3.10. The fourth-order valence-electron chi connectivity index (χ4n) is 2.24. The number of fused-ring (bicyclic) bond motifs is 1. The molecule has 0 amide bonds. The first-order chi connectivity index (χ1) is 8.22. The van der Waals surface area contributed by atoms with E-state index in [0.717, 1.165) is 17.1 Å². The van der Waals surface area contributed by atoms with Crippen LogP contribution in [0.2, 0.25) is 0 Å². The molecule has 1 N–H and O–H groups in total. The van der Waals surface area contributed by atoms with E-state index >= 15 is 0 Å². The molecule has 0 radical (unpaired) electrons. The molecule has 1 saturated carbocycles. The molecule has 1 unspecified atom stereocenters. The Morgan fingerprint density at radius 1 is 1.53 bits per heavy atom. The van der Waals surface area contributed by atoms with Crippen LogP contribution in [0, 0.1) is 10.7 Å². The Morgan fingerprint density at radius 3 is 2.94 bits per heavy atom. The summed E-state index contributed by atoms with van der Waals surface area (Å²) in [6.45, 7) is 2.19. The number of methoxy groups -OCH3 is 1. The summed E-state index contributed by atoms with van der Waals surface area (Å²) in [5, 5.41) is 0. The lowest BCUT2D eigenvalue weighted by Crippen LogP contribution is -2.08. The molecular weight excluding hydrogens is 236 g/mol. The number of H-pyrrole nitrogens is 1. The van der Waals surface area contributed by atoms with Gasteiger partial charge in [0.1, 0.15) is 11.8 Å². The zero-order valence-corrected chi connectivity index (χ0v) is 10.6. The van der Waals surface area contributed by atoms with Gasteiger partial charge in [0.05, 0.1) is 7.11 Å². The molecule has 0 spiro atoms. The molecule has 0 aromatic carbocycles. The zero-order chi connectivity index (χ0) is 12.0. The summed E-state index contributed by atoms with van der Waals surface area (Å²) in [6, 6.07) is 0.385. The second-order valence-corrected chi connectivity index (χ2v) is 4.85. The van der Waals surface area contributed by atoms with Crippen LogP contribution in [0.1, 0.15) is 25.8 Å². The fourth-order valence-corrected chi connectivity index (χ4v) is 2.59. The van der Waals surface area contributed by atoms with Gasteiger partial charge in [-0.25, -0.2) is 4.98 Å². The largest absolute Gasteiger partial charge is 0.479 e. The van der Waals surface area contributed by atoms with E-state index in [1.54, 1.807) is 7.11 Å². The smallest absolute Gasteiger partial charge is 0.242 e. The minimum absolute atomic E-state index is 0.385. The van der Waals surface area contributed by atoms with Gasteiger partial charge < -0.3 is 9.72 Å². The summed E-state index contributed by atoms with van der Waals surface area (Å²) in [5.74, 6) is 1.27. The molecule has 90 valence electrons. The van der Waals surface area contributed by atoms with Crippen molar-refractivity contribution in [3.8, 4) is 5.88 Å². The van der Waals surface area contributed by atoms with Gasteiger partial charge in [0.2, 0.25) is 5.88 Å². The first-order valence-electron chi connectivity index (χ1n) is 5.71. The summed E-state index contributed by atoms with van der Waals surface area (Å²) in [6.07, 6.45) is 4.07.